The summed E-state index contributed by atoms with van der Waals surface area (Å²) >= 11 is 5.82. The van der Waals surface area contributed by atoms with E-state index in [9.17, 15) is 13.6 Å². The lowest BCUT2D eigenvalue weighted by molar-refractivity contribution is 0.102. The highest BCUT2D eigenvalue weighted by molar-refractivity contribution is 6.31. The third-order valence-corrected chi connectivity index (χ3v) is 2.82. The molecule has 0 saturated heterocycles. The Kier molecular flexibility index (Phi) is 4.20. The predicted molar refractivity (Wildman–Crippen MR) is 72.3 cm³/mol. The van der Waals surface area contributed by atoms with Gasteiger partial charge in [0.25, 0.3) is 5.91 Å². The van der Waals surface area contributed by atoms with Gasteiger partial charge in [0.05, 0.1) is 18.4 Å². The van der Waals surface area contributed by atoms with Gasteiger partial charge in [0, 0.05) is 5.02 Å². The van der Waals surface area contributed by atoms with Crippen LogP contribution >= 0.6 is 11.6 Å². The molecule has 0 unspecified atom stereocenters. The van der Waals surface area contributed by atoms with Crippen LogP contribution in [-0.2, 0) is 0 Å². The molecule has 0 saturated carbocycles. The Labute approximate surface area is 119 Å². The van der Waals surface area contributed by atoms with Crippen molar-refractivity contribution < 1.29 is 18.3 Å². The maximum Gasteiger partial charge on any atom is 0.258 e. The van der Waals surface area contributed by atoms with Gasteiger partial charge >= 0.3 is 0 Å². The first-order chi connectivity index (χ1) is 9.51. The molecule has 1 amide bonds. The van der Waals surface area contributed by atoms with Gasteiger partial charge in [-0.05, 0) is 36.4 Å². The minimum atomic E-state index is -0.815. The van der Waals surface area contributed by atoms with E-state index in [1.165, 1.54) is 13.2 Å². The van der Waals surface area contributed by atoms with Crippen LogP contribution in [0.25, 0.3) is 0 Å². The number of anilines is 1. The summed E-state index contributed by atoms with van der Waals surface area (Å²) in [5, 5.41) is 2.81. The zero-order valence-corrected chi connectivity index (χ0v) is 11.2. The minimum Gasteiger partial charge on any atom is -0.495 e. The highest BCUT2D eigenvalue weighted by Gasteiger charge is 2.15. The van der Waals surface area contributed by atoms with Crippen molar-refractivity contribution in [1.82, 2.24) is 0 Å². The van der Waals surface area contributed by atoms with Gasteiger partial charge in [0.15, 0.2) is 0 Å². The van der Waals surface area contributed by atoms with E-state index >= 15 is 0 Å². The number of carbonyl (C=O) groups is 1. The van der Waals surface area contributed by atoms with Gasteiger partial charge in [0.2, 0.25) is 0 Å². The number of nitrogens with one attached hydrogen (secondary N) is 1. The molecule has 20 heavy (non-hydrogen) atoms. The first kappa shape index (κ1) is 14.3. The lowest BCUT2D eigenvalue weighted by Crippen LogP contribution is -2.14. The summed E-state index contributed by atoms with van der Waals surface area (Å²) in [7, 11) is 1.42. The zero-order chi connectivity index (χ0) is 14.7. The Balaban J connectivity index is 2.32. The summed E-state index contributed by atoms with van der Waals surface area (Å²) in [5.41, 5.74) is -0.124. The Morgan fingerprint density at radius 1 is 1.20 bits per heavy atom. The smallest absolute Gasteiger partial charge is 0.258 e. The van der Waals surface area contributed by atoms with Crippen molar-refractivity contribution in [2.24, 2.45) is 0 Å². The van der Waals surface area contributed by atoms with Crippen LogP contribution in [0.1, 0.15) is 10.4 Å². The van der Waals surface area contributed by atoms with Crippen molar-refractivity contribution in [2.45, 2.75) is 0 Å². The molecule has 2 aromatic carbocycles. The van der Waals surface area contributed by atoms with Crippen LogP contribution in [-0.4, -0.2) is 13.0 Å². The second-order valence-electron chi connectivity index (χ2n) is 3.92. The van der Waals surface area contributed by atoms with Crippen LogP contribution in [0.2, 0.25) is 5.02 Å². The first-order valence-corrected chi connectivity index (χ1v) is 5.99. The summed E-state index contributed by atoms with van der Waals surface area (Å²) < 4.78 is 31.6. The molecule has 2 aromatic rings. The lowest BCUT2D eigenvalue weighted by Gasteiger charge is -2.11. The maximum atomic E-state index is 13.5. The van der Waals surface area contributed by atoms with Crippen LogP contribution in [0.4, 0.5) is 14.5 Å². The van der Waals surface area contributed by atoms with E-state index in [0.717, 1.165) is 18.2 Å². The zero-order valence-electron chi connectivity index (χ0n) is 10.4. The number of carbonyl (C=O) groups excluding carboxylic acids is 1. The standard InChI is InChI=1S/C14H10ClF2NO2/c1-20-13-5-2-8(15)6-12(13)18-14(19)10-7-9(16)3-4-11(10)17/h2-7H,1H3,(H,18,19). The van der Waals surface area contributed by atoms with Crippen molar-refractivity contribution in [1.29, 1.82) is 0 Å². The average Bonchev–Trinajstić information content (AvgIpc) is 2.41. The van der Waals surface area contributed by atoms with Crippen molar-refractivity contribution >= 4 is 23.2 Å². The largest absolute Gasteiger partial charge is 0.495 e. The van der Waals surface area contributed by atoms with E-state index in [-0.39, 0.29) is 5.69 Å². The predicted octanol–water partition coefficient (Wildman–Crippen LogP) is 3.88. The number of hydrogen-bond donors (Lipinski definition) is 1. The molecule has 1 N–H and O–H groups in total. The molecule has 0 radical (unpaired) electrons. The Morgan fingerprint density at radius 3 is 2.65 bits per heavy atom. The Hall–Kier alpha value is -2.14. The van der Waals surface area contributed by atoms with E-state index in [1.807, 2.05) is 0 Å². The quantitative estimate of drug-likeness (QED) is 0.933. The van der Waals surface area contributed by atoms with E-state index < -0.39 is 23.1 Å². The number of ether oxygens (including phenoxy) is 1. The number of hydrogen-bond acceptors (Lipinski definition) is 2. The molecular formula is C14H10ClF2NO2. The van der Waals surface area contributed by atoms with E-state index in [0.29, 0.717) is 10.8 Å². The van der Waals surface area contributed by atoms with Gasteiger partial charge in [-0.15, -0.1) is 0 Å². The first-order valence-electron chi connectivity index (χ1n) is 5.61. The second-order valence-corrected chi connectivity index (χ2v) is 4.36. The van der Waals surface area contributed by atoms with Crippen molar-refractivity contribution in [3.05, 3.63) is 58.6 Å². The summed E-state index contributed by atoms with van der Waals surface area (Å²) in [4.78, 5) is 12.0. The maximum absolute atomic E-state index is 13.5. The number of rotatable bonds is 3. The van der Waals surface area contributed by atoms with Crippen LogP contribution < -0.4 is 10.1 Å². The lowest BCUT2D eigenvalue weighted by atomic mass is 10.2. The molecule has 0 aliphatic carbocycles. The summed E-state index contributed by atoms with van der Waals surface area (Å²) in [6.07, 6.45) is 0. The van der Waals surface area contributed by atoms with Gasteiger partial charge < -0.3 is 10.1 Å². The molecule has 0 heterocycles. The van der Waals surface area contributed by atoms with Crippen molar-refractivity contribution in [2.75, 3.05) is 12.4 Å². The SMILES string of the molecule is COc1ccc(Cl)cc1NC(=O)c1cc(F)ccc1F. The number of amides is 1. The fourth-order valence-electron chi connectivity index (χ4n) is 1.64. The number of methoxy groups -OCH3 is 1. The van der Waals surface area contributed by atoms with Gasteiger partial charge in [0.1, 0.15) is 17.4 Å². The molecule has 0 fully saturated rings. The Bertz CT molecular complexity index is 662. The normalized spacial score (nSPS) is 10.2. The van der Waals surface area contributed by atoms with Gasteiger partial charge in [-0.3, -0.25) is 4.79 Å². The van der Waals surface area contributed by atoms with Gasteiger partial charge in [-0.25, -0.2) is 8.78 Å². The molecule has 0 aromatic heterocycles. The third kappa shape index (κ3) is 3.05. The van der Waals surface area contributed by atoms with E-state index in [2.05, 4.69) is 5.32 Å². The summed E-state index contributed by atoms with van der Waals surface area (Å²) in [6, 6.07) is 7.24. The van der Waals surface area contributed by atoms with Crippen LogP contribution in [0.5, 0.6) is 5.75 Å². The van der Waals surface area contributed by atoms with Crippen LogP contribution in [0, 0.1) is 11.6 Å². The topological polar surface area (TPSA) is 38.3 Å². The van der Waals surface area contributed by atoms with Crippen molar-refractivity contribution in [3.63, 3.8) is 0 Å². The number of benzene rings is 2. The highest BCUT2D eigenvalue weighted by Crippen LogP contribution is 2.28. The Morgan fingerprint density at radius 2 is 1.95 bits per heavy atom. The molecule has 104 valence electrons. The molecule has 0 spiro atoms. The van der Waals surface area contributed by atoms with Crippen LogP contribution in [0.15, 0.2) is 36.4 Å². The molecule has 0 atom stereocenters. The van der Waals surface area contributed by atoms with Gasteiger partial charge in [-0.1, -0.05) is 11.6 Å². The fraction of sp³-hybridized carbons (Fsp3) is 0.0714. The monoisotopic (exact) mass is 297 g/mol. The molecule has 0 aliphatic rings. The second kappa shape index (κ2) is 5.88. The molecule has 0 aliphatic heterocycles. The van der Waals surface area contributed by atoms with Gasteiger partial charge in [-0.2, -0.15) is 0 Å². The third-order valence-electron chi connectivity index (χ3n) is 2.58. The van der Waals surface area contributed by atoms with E-state index in [4.69, 9.17) is 16.3 Å². The van der Waals surface area contributed by atoms with Crippen molar-refractivity contribution in [3.8, 4) is 5.75 Å². The average molecular weight is 298 g/mol. The highest BCUT2D eigenvalue weighted by atomic mass is 35.5. The molecule has 0 bridgehead atoms. The molecule has 6 heteroatoms. The molecule has 3 nitrogen and oxygen atoms in total. The minimum absolute atomic E-state index is 0.272. The molecule has 2 rings (SSSR count). The number of halogens is 3. The fourth-order valence-corrected chi connectivity index (χ4v) is 1.81. The summed E-state index contributed by atoms with van der Waals surface area (Å²) in [5.74, 6) is -1.94. The molecular weight excluding hydrogens is 288 g/mol. The van der Waals surface area contributed by atoms with Crippen LogP contribution in [0.3, 0.4) is 0 Å². The van der Waals surface area contributed by atoms with E-state index in [1.54, 1.807) is 12.1 Å². The summed E-state index contributed by atoms with van der Waals surface area (Å²) in [6.45, 7) is 0.